The highest BCUT2D eigenvalue weighted by Crippen LogP contribution is 2.25. The second-order valence-corrected chi connectivity index (χ2v) is 6.05. The predicted octanol–water partition coefficient (Wildman–Crippen LogP) is 1.63. The average molecular weight is 310 g/mol. The molecule has 1 aliphatic rings. The van der Waals surface area contributed by atoms with Crippen molar-refractivity contribution in [2.45, 2.75) is 38.1 Å². The number of carbonyl (C=O) groups is 2. The van der Waals surface area contributed by atoms with E-state index in [1.54, 1.807) is 11.4 Å². The summed E-state index contributed by atoms with van der Waals surface area (Å²) in [6.45, 7) is 1.07. The molecule has 2 N–H and O–H groups in total. The molecule has 0 spiro atoms. The molecule has 0 atom stereocenters. The zero-order valence-electron chi connectivity index (χ0n) is 12.1. The van der Waals surface area contributed by atoms with Crippen molar-refractivity contribution >= 4 is 23.2 Å². The number of nitrogens with one attached hydrogen (secondary N) is 1. The van der Waals surface area contributed by atoms with Gasteiger partial charge in [-0.15, -0.1) is 0 Å². The minimum Gasteiger partial charge on any atom is -0.396 e. The highest BCUT2D eigenvalue weighted by Gasteiger charge is 2.27. The molecule has 0 saturated heterocycles. The van der Waals surface area contributed by atoms with Gasteiger partial charge in [-0.05, 0) is 37.1 Å². The first-order chi connectivity index (χ1) is 10.2. The Balaban J connectivity index is 1.74. The number of carbonyl (C=O) groups excluding carboxylic acids is 2. The molecule has 5 nitrogen and oxygen atoms in total. The molecule has 2 amide bonds. The number of rotatable bonds is 8. The van der Waals surface area contributed by atoms with Crippen molar-refractivity contribution in [3.05, 3.63) is 22.4 Å². The van der Waals surface area contributed by atoms with Crippen LogP contribution in [0.5, 0.6) is 0 Å². The van der Waals surface area contributed by atoms with Crippen LogP contribution in [0.3, 0.4) is 0 Å². The van der Waals surface area contributed by atoms with E-state index in [1.807, 2.05) is 10.3 Å². The summed E-state index contributed by atoms with van der Waals surface area (Å²) in [5.74, 6) is -0.0617. The summed E-state index contributed by atoms with van der Waals surface area (Å²) >= 11 is 1.48. The van der Waals surface area contributed by atoms with Gasteiger partial charge in [0, 0.05) is 43.1 Å². The largest absolute Gasteiger partial charge is 0.396 e. The van der Waals surface area contributed by atoms with Crippen molar-refractivity contribution in [1.29, 1.82) is 0 Å². The van der Waals surface area contributed by atoms with Gasteiger partial charge in [-0.2, -0.15) is 11.3 Å². The van der Waals surface area contributed by atoms with Gasteiger partial charge in [0.25, 0.3) is 5.91 Å². The van der Waals surface area contributed by atoms with Crippen LogP contribution >= 0.6 is 11.3 Å². The maximum atomic E-state index is 12.2. The first kappa shape index (κ1) is 16.0. The fourth-order valence-electron chi connectivity index (χ4n) is 2.37. The highest BCUT2D eigenvalue weighted by molar-refractivity contribution is 7.08. The van der Waals surface area contributed by atoms with Gasteiger partial charge in [0.2, 0.25) is 5.91 Å². The van der Waals surface area contributed by atoms with Crippen LogP contribution in [0.25, 0.3) is 0 Å². The van der Waals surface area contributed by atoms with E-state index in [1.165, 1.54) is 17.8 Å². The average Bonchev–Trinajstić information content (AvgIpc) is 2.95. The number of hydrogen-bond acceptors (Lipinski definition) is 4. The summed E-state index contributed by atoms with van der Waals surface area (Å²) in [5, 5.41) is 15.3. The van der Waals surface area contributed by atoms with Crippen LogP contribution in [0.4, 0.5) is 0 Å². The van der Waals surface area contributed by atoms with E-state index in [-0.39, 0.29) is 18.4 Å². The van der Waals surface area contributed by atoms with Gasteiger partial charge >= 0.3 is 0 Å². The number of nitrogens with zero attached hydrogens (tertiary/aromatic N) is 1. The highest BCUT2D eigenvalue weighted by atomic mass is 32.1. The Hall–Kier alpha value is -1.40. The van der Waals surface area contributed by atoms with Crippen molar-refractivity contribution in [1.82, 2.24) is 10.2 Å². The molecule has 0 aliphatic heterocycles. The molecule has 21 heavy (non-hydrogen) atoms. The lowest BCUT2D eigenvalue weighted by molar-refractivity contribution is -0.135. The summed E-state index contributed by atoms with van der Waals surface area (Å²) in [4.78, 5) is 25.9. The molecular formula is C15H22N2O3S. The number of amides is 2. The van der Waals surface area contributed by atoms with Gasteiger partial charge in [-0.25, -0.2) is 0 Å². The van der Waals surface area contributed by atoms with Crippen molar-refractivity contribution in [2.75, 3.05) is 19.7 Å². The Bertz CT molecular complexity index is 457. The van der Waals surface area contributed by atoms with Gasteiger partial charge in [0.1, 0.15) is 0 Å². The lowest BCUT2D eigenvalue weighted by atomic mass is 9.91. The maximum absolute atomic E-state index is 12.2. The zero-order valence-corrected chi connectivity index (χ0v) is 12.9. The second kappa shape index (κ2) is 8.14. The molecule has 1 heterocycles. The van der Waals surface area contributed by atoms with Crippen molar-refractivity contribution in [3.8, 4) is 0 Å². The normalized spacial score (nSPS) is 14.5. The van der Waals surface area contributed by atoms with Crippen LogP contribution in [0.1, 0.15) is 42.5 Å². The number of aliphatic hydroxyl groups excluding tert-OH is 1. The van der Waals surface area contributed by atoms with Gasteiger partial charge in [0.15, 0.2) is 0 Å². The molecule has 1 saturated carbocycles. The van der Waals surface area contributed by atoms with Gasteiger partial charge < -0.3 is 15.3 Å². The fraction of sp³-hybridized carbons (Fsp3) is 0.600. The molecule has 2 rings (SSSR count). The fourth-order valence-corrected chi connectivity index (χ4v) is 3.01. The van der Waals surface area contributed by atoms with E-state index in [2.05, 4.69) is 5.32 Å². The third-order valence-corrected chi connectivity index (χ3v) is 4.48. The van der Waals surface area contributed by atoms with Crippen LogP contribution in [0.2, 0.25) is 0 Å². The Kier molecular flexibility index (Phi) is 6.20. The molecule has 1 aliphatic carbocycles. The number of thiophene rings is 1. The van der Waals surface area contributed by atoms with E-state index in [0.29, 0.717) is 37.5 Å². The topological polar surface area (TPSA) is 69.6 Å². The molecule has 1 aromatic heterocycles. The molecule has 1 aromatic rings. The minimum absolute atomic E-state index is 0.0683. The first-order valence-electron chi connectivity index (χ1n) is 7.43. The minimum atomic E-state index is -0.130. The molecule has 6 heteroatoms. The Morgan fingerprint density at radius 1 is 1.43 bits per heavy atom. The summed E-state index contributed by atoms with van der Waals surface area (Å²) in [6, 6.07) is 2.10. The Morgan fingerprint density at radius 2 is 2.24 bits per heavy atom. The third kappa shape index (κ3) is 4.54. The van der Waals surface area contributed by atoms with Gasteiger partial charge in [0.05, 0.1) is 0 Å². The molecular weight excluding hydrogens is 288 g/mol. The number of aliphatic hydroxyl groups is 1. The van der Waals surface area contributed by atoms with Gasteiger partial charge in [-0.3, -0.25) is 9.59 Å². The standard InChI is InChI=1S/C15H22N2O3S/c18-9-2-8-17(13-3-1-4-13)14(19)5-7-16-15(20)12-6-10-21-11-12/h6,10-11,13,18H,1-5,7-9H2,(H,16,20). The van der Waals surface area contributed by atoms with E-state index in [0.717, 1.165) is 12.8 Å². The monoisotopic (exact) mass is 310 g/mol. The molecule has 1 fully saturated rings. The Labute approximate surface area is 129 Å². The molecule has 0 radical (unpaired) electrons. The van der Waals surface area contributed by atoms with E-state index in [4.69, 9.17) is 5.11 Å². The lowest BCUT2D eigenvalue weighted by Crippen LogP contribution is -2.45. The number of hydrogen-bond donors (Lipinski definition) is 2. The SMILES string of the molecule is O=C(NCCC(=O)N(CCCO)C1CCC1)c1ccsc1. The lowest BCUT2D eigenvalue weighted by Gasteiger charge is -2.37. The van der Waals surface area contributed by atoms with Crippen molar-refractivity contribution < 1.29 is 14.7 Å². The van der Waals surface area contributed by atoms with Crippen molar-refractivity contribution in [2.24, 2.45) is 0 Å². The molecule has 0 unspecified atom stereocenters. The first-order valence-corrected chi connectivity index (χ1v) is 8.37. The summed E-state index contributed by atoms with van der Waals surface area (Å²) in [5.41, 5.74) is 0.642. The van der Waals surface area contributed by atoms with Gasteiger partial charge in [-0.1, -0.05) is 0 Å². The maximum Gasteiger partial charge on any atom is 0.252 e. The molecule has 0 aromatic carbocycles. The van der Waals surface area contributed by atoms with Crippen LogP contribution < -0.4 is 5.32 Å². The molecule has 0 bridgehead atoms. The van der Waals surface area contributed by atoms with Crippen LogP contribution in [-0.2, 0) is 4.79 Å². The third-order valence-electron chi connectivity index (χ3n) is 3.80. The molecule has 116 valence electrons. The summed E-state index contributed by atoms with van der Waals surface area (Å²) in [7, 11) is 0. The van der Waals surface area contributed by atoms with Crippen LogP contribution in [0.15, 0.2) is 16.8 Å². The van der Waals surface area contributed by atoms with E-state index in [9.17, 15) is 9.59 Å². The van der Waals surface area contributed by atoms with Crippen LogP contribution in [0, 0.1) is 0 Å². The summed E-state index contributed by atoms with van der Waals surface area (Å²) in [6.07, 6.45) is 4.21. The van der Waals surface area contributed by atoms with Crippen LogP contribution in [-0.4, -0.2) is 47.6 Å². The second-order valence-electron chi connectivity index (χ2n) is 5.27. The van der Waals surface area contributed by atoms with E-state index < -0.39 is 0 Å². The van der Waals surface area contributed by atoms with E-state index >= 15 is 0 Å². The Morgan fingerprint density at radius 3 is 2.81 bits per heavy atom. The summed E-state index contributed by atoms with van der Waals surface area (Å²) < 4.78 is 0. The zero-order chi connectivity index (χ0) is 15.1. The van der Waals surface area contributed by atoms with Crippen molar-refractivity contribution in [3.63, 3.8) is 0 Å². The predicted molar refractivity (Wildman–Crippen MR) is 82.3 cm³/mol. The smallest absolute Gasteiger partial charge is 0.252 e. The quantitative estimate of drug-likeness (QED) is 0.767.